The number of hydrogen-bond donors (Lipinski definition) is 4. The molecule has 0 aliphatic heterocycles. The zero-order valence-corrected chi connectivity index (χ0v) is 10.1. The Balaban J connectivity index is 2.17. The van der Waals surface area contributed by atoms with E-state index in [0.29, 0.717) is 26.0 Å². The van der Waals surface area contributed by atoms with E-state index in [2.05, 4.69) is 16.0 Å². The summed E-state index contributed by atoms with van der Waals surface area (Å²) < 4.78 is 4.74. The Morgan fingerprint density at radius 1 is 1.28 bits per heavy atom. The van der Waals surface area contributed by atoms with Gasteiger partial charge in [0.1, 0.15) is 5.54 Å². The second-order valence-corrected chi connectivity index (χ2v) is 4.04. The zero-order chi connectivity index (χ0) is 13.6. The number of amides is 3. The molecule has 18 heavy (non-hydrogen) atoms. The van der Waals surface area contributed by atoms with Gasteiger partial charge in [0.05, 0.1) is 13.2 Å². The van der Waals surface area contributed by atoms with Crippen molar-refractivity contribution < 1.29 is 24.2 Å². The van der Waals surface area contributed by atoms with Crippen LogP contribution in [-0.4, -0.2) is 55.4 Å². The largest absolute Gasteiger partial charge is 0.480 e. The van der Waals surface area contributed by atoms with Crippen LogP contribution in [0.1, 0.15) is 12.8 Å². The van der Waals surface area contributed by atoms with Crippen molar-refractivity contribution in [2.24, 2.45) is 0 Å². The van der Waals surface area contributed by atoms with E-state index >= 15 is 0 Å². The van der Waals surface area contributed by atoms with E-state index in [9.17, 15) is 14.4 Å². The average molecular weight is 259 g/mol. The minimum Gasteiger partial charge on any atom is -0.480 e. The molecule has 0 bridgehead atoms. The molecule has 0 saturated heterocycles. The maximum Gasteiger partial charge on any atom is 0.329 e. The van der Waals surface area contributed by atoms with Gasteiger partial charge in [0, 0.05) is 13.7 Å². The SMILES string of the molecule is COCCNC(=O)CNC(=O)NC1(C(=O)O)CC1. The first-order valence-corrected chi connectivity index (χ1v) is 5.55. The van der Waals surface area contributed by atoms with Crippen LogP contribution in [0.4, 0.5) is 4.79 Å². The van der Waals surface area contributed by atoms with Crippen LogP contribution in [0, 0.1) is 0 Å². The number of urea groups is 1. The normalized spacial score (nSPS) is 15.6. The fourth-order valence-corrected chi connectivity index (χ4v) is 1.29. The molecule has 8 heteroatoms. The van der Waals surface area contributed by atoms with Gasteiger partial charge in [0.25, 0.3) is 0 Å². The van der Waals surface area contributed by atoms with Crippen molar-refractivity contribution in [1.82, 2.24) is 16.0 Å². The van der Waals surface area contributed by atoms with Gasteiger partial charge in [-0.05, 0) is 12.8 Å². The maximum absolute atomic E-state index is 11.3. The standard InChI is InChI=1S/C10H17N3O5/c1-18-5-4-11-7(14)6-12-9(17)13-10(2-3-10)8(15)16/h2-6H2,1H3,(H,11,14)(H,15,16)(H2,12,13,17). The Labute approximate surface area is 104 Å². The van der Waals surface area contributed by atoms with E-state index in [-0.39, 0.29) is 12.5 Å². The van der Waals surface area contributed by atoms with Gasteiger partial charge in [-0.3, -0.25) is 4.79 Å². The third-order valence-electron chi connectivity index (χ3n) is 2.55. The minimum absolute atomic E-state index is 0.203. The number of rotatable bonds is 7. The Morgan fingerprint density at radius 2 is 1.94 bits per heavy atom. The smallest absolute Gasteiger partial charge is 0.329 e. The molecule has 0 radical (unpaired) electrons. The van der Waals surface area contributed by atoms with Crippen molar-refractivity contribution in [2.75, 3.05) is 26.8 Å². The molecule has 1 aliphatic rings. The highest BCUT2D eigenvalue weighted by atomic mass is 16.5. The second kappa shape index (κ2) is 6.20. The van der Waals surface area contributed by atoms with Crippen molar-refractivity contribution in [3.05, 3.63) is 0 Å². The average Bonchev–Trinajstić information content (AvgIpc) is 3.08. The van der Waals surface area contributed by atoms with Crippen molar-refractivity contribution in [3.8, 4) is 0 Å². The predicted molar refractivity (Wildman–Crippen MR) is 61.0 cm³/mol. The lowest BCUT2D eigenvalue weighted by atomic mass is 10.3. The molecule has 4 N–H and O–H groups in total. The van der Waals surface area contributed by atoms with E-state index in [1.807, 2.05) is 0 Å². The fourth-order valence-electron chi connectivity index (χ4n) is 1.29. The van der Waals surface area contributed by atoms with Gasteiger partial charge in [0.2, 0.25) is 5.91 Å². The number of methoxy groups -OCH3 is 1. The topological polar surface area (TPSA) is 117 Å². The third kappa shape index (κ3) is 4.21. The lowest BCUT2D eigenvalue weighted by molar-refractivity contribution is -0.140. The number of carbonyl (C=O) groups excluding carboxylic acids is 2. The highest BCUT2D eigenvalue weighted by Crippen LogP contribution is 2.35. The van der Waals surface area contributed by atoms with Crippen LogP contribution in [0.2, 0.25) is 0 Å². The summed E-state index contributed by atoms with van der Waals surface area (Å²) in [5.74, 6) is -1.41. The van der Waals surface area contributed by atoms with Crippen LogP contribution >= 0.6 is 0 Å². The van der Waals surface area contributed by atoms with Crippen molar-refractivity contribution in [1.29, 1.82) is 0 Å². The molecule has 1 fully saturated rings. The molecule has 102 valence electrons. The van der Waals surface area contributed by atoms with Crippen LogP contribution in [-0.2, 0) is 14.3 Å². The summed E-state index contributed by atoms with van der Waals surface area (Å²) in [5, 5.41) is 16.0. The Hall–Kier alpha value is -1.83. The molecule has 0 heterocycles. The van der Waals surface area contributed by atoms with E-state index in [4.69, 9.17) is 9.84 Å². The molecule has 0 aromatic heterocycles. The Kier molecular flexibility index (Phi) is 4.90. The van der Waals surface area contributed by atoms with Crippen LogP contribution in [0.3, 0.4) is 0 Å². The van der Waals surface area contributed by atoms with Gasteiger partial charge in [-0.15, -0.1) is 0 Å². The number of carbonyl (C=O) groups is 3. The van der Waals surface area contributed by atoms with E-state index in [1.54, 1.807) is 0 Å². The van der Waals surface area contributed by atoms with Crippen LogP contribution in [0.25, 0.3) is 0 Å². The molecule has 0 aromatic rings. The van der Waals surface area contributed by atoms with Crippen LogP contribution < -0.4 is 16.0 Å². The van der Waals surface area contributed by atoms with Gasteiger partial charge < -0.3 is 25.8 Å². The monoisotopic (exact) mass is 259 g/mol. The number of nitrogens with one attached hydrogen (secondary N) is 3. The second-order valence-electron chi connectivity index (χ2n) is 4.04. The summed E-state index contributed by atoms with van der Waals surface area (Å²) >= 11 is 0. The molecule has 1 saturated carbocycles. The molecule has 0 atom stereocenters. The lowest BCUT2D eigenvalue weighted by Gasteiger charge is -2.13. The van der Waals surface area contributed by atoms with Crippen molar-refractivity contribution in [3.63, 3.8) is 0 Å². The number of carboxylic acids is 1. The Bertz CT molecular complexity index is 340. The summed E-state index contributed by atoms with van der Waals surface area (Å²) in [6, 6.07) is -0.656. The van der Waals surface area contributed by atoms with Gasteiger partial charge in [-0.25, -0.2) is 9.59 Å². The molecule has 3 amide bonds. The highest BCUT2D eigenvalue weighted by molar-refractivity contribution is 5.90. The summed E-state index contributed by atoms with van der Waals surface area (Å²) in [5.41, 5.74) is -1.14. The van der Waals surface area contributed by atoms with Gasteiger partial charge >= 0.3 is 12.0 Å². The highest BCUT2D eigenvalue weighted by Gasteiger charge is 2.51. The van der Waals surface area contributed by atoms with E-state index in [0.717, 1.165) is 0 Å². The number of carboxylic acid groups (broad SMARTS) is 1. The first-order valence-electron chi connectivity index (χ1n) is 5.55. The summed E-state index contributed by atoms with van der Waals surface area (Å²) in [4.78, 5) is 33.4. The van der Waals surface area contributed by atoms with Gasteiger partial charge in [-0.2, -0.15) is 0 Å². The molecule has 0 unspecified atom stereocenters. The van der Waals surface area contributed by atoms with E-state index in [1.165, 1.54) is 7.11 Å². The molecule has 1 rings (SSSR count). The molecular weight excluding hydrogens is 242 g/mol. The van der Waals surface area contributed by atoms with Gasteiger partial charge in [-0.1, -0.05) is 0 Å². The Morgan fingerprint density at radius 3 is 2.44 bits per heavy atom. The van der Waals surface area contributed by atoms with Crippen molar-refractivity contribution >= 4 is 17.9 Å². The third-order valence-corrected chi connectivity index (χ3v) is 2.55. The van der Waals surface area contributed by atoms with Gasteiger partial charge in [0.15, 0.2) is 0 Å². The first kappa shape index (κ1) is 14.2. The first-order chi connectivity index (χ1) is 8.50. The fraction of sp³-hybridized carbons (Fsp3) is 0.700. The minimum atomic E-state index is -1.14. The van der Waals surface area contributed by atoms with E-state index < -0.39 is 17.5 Å². The summed E-state index contributed by atoms with van der Waals surface area (Å²) in [6.45, 7) is 0.545. The summed E-state index contributed by atoms with van der Waals surface area (Å²) in [6.07, 6.45) is 0.825. The quantitative estimate of drug-likeness (QED) is 0.422. The van der Waals surface area contributed by atoms with Crippen molar-refractivity contribution in [2.45, 2.75) is 18.4 Å². The molecule has 0 aromatic carbocycles. The van der Waals surface area contributed by atoms with Crippen LogP contribution in [0.15, 0.2) is 0 Å². The van der Waals surface area contributed by atoms with Crippen LogP contribution in [0.5, 0.6) is 0 Å². The number of ether oxygens (including phenoxy) is 1. The molecule has 0 spiro atoms. The number of hydrogen-bond acceptors (Lipinski definition) is 4. The molecular formula is C10H17N3O5. The summed E-state index contributed by atoms with van der Waals surface area (Å²) in [7, 11) is 1.51. The lowest BCUT2D eigenvalue weighted by Crippen LogP contribution is -2.50. The molecule has 8 nitrogen and oxygen atoms in total. The molecule has 1 aliphatic carbocycles. The maximum atomic E-state index is 11.3. The number of aliphatic carboxylic acids is 1. The zero-order valence-electron chi connectivity index (χ0n) is 10.1. The predicted octanol–water partition coefficient (Wildman–Crippen LogP) is -1.33.